The number of carbonyl (C=O) groups is 1. The molecular formula is C20H34N4O3S. The van der Waals surface area contributed by atoms with Crippen molar-refractivity contribution in [2.75, 3.05) is 25.5 Å². The lowest BCUT2D eigenvalue weighted by Gasteiger charge is -2.41. The van der Waals surface area contributed by atoms with Gasteiger partial charge >= 0.3 is 16.2 Å². The van der Waals surface area contributed by atoms with E-state index in [1.165, 1.54) is 4.31 Å². The van der Waals surface area contributed by atoms with Gasteiger partial charge in [0.1, 0.15) is 0 Å². The first-order valence-electron chi connectivity index (χ1n) is 9.87. The van der Waals surface area contributed by atoms with Gasteiger partial charge < -0.3 is 5.32 Å². The number of benzene rings is 1. The maximum atomic E-state index is 12.8. The molecule has 0 aromatic heterocycles. The van der Waals surface area contributed by atoms with Crippen molar-refractivity contribution in [2.24, 2.45) is 0 Å². The van der Waals surface area contributed by atoms with Crippen molar-refractivity contribution in [1.29, 1.82) is 0 Å². The molecule has 2 unspecified atom stereocenters. The van der Waals surface area contributed by atoms with E-state index in [1.807, 2.05) is 66.8 Å². The summed E-state index contributed by atoms with van der Waals surface area (Å²) in [6, 6.07) is 5.33. The number of piperazine rings is 1. The number of nitrogens with one attached hydrogen (secondary N) is 2. The number of urea groups is 1. The zero-order valence-electron chi connectivity index (χ0n) is 18.0. The second-order valence-electron chi connectivity index (χ2n) is 8.36. The van der Waals surface area contributed by atoms with E-state index in [4.69, 9.17) is 0 Å². The molecule has 7 nitrogen and oxygen atoms in total. The average molecular weight is 411 g/mol. The summed E-state index contributed by atoms with van der Waals surface area (Å²) in [5.41, 5.74) is 2.67. The monoisotopic (exact) mass is 410 g/mol. The molecule has 1 heterocycles. The molecule has 28 heavy (non-hydrogen) atoms. The van der Waals surface area contributed by atoms with Crippen LogP contribution in [0.15, 0.2) is 18.2 Å². The molecule has 8 heteroatoms. The molecule has 1 aromatic carbocycles. The quantitative estimate of drug-likeness (QED) is 0.780. The largest absolute Gasteiger partial charge is 0.333 e. The van der Waals surface area contributed by atoms with Crippen LogP contribution in [0.25, 0.3) is 0 Å². The lowest BCUT2D eigenvalue weighted by molar-refractivity contribution is 0.104. The average Bonchev–Trinajstić information content (AvgIpc) is 2.58. The minimum Gasteiger partial charge on any atom is -0.307 e. The van der Waals surface area contributed by atoms with Crippen molar-refractivity contribution < 1.29 is 13.2 Å². The predicted octanol–water partition coefficient (Wildman–Crippen LogP) is 3.32. The molecule has 0 bridgehead atoms. The van der Waals surface area contributed by atoms with Crippen molar-refractivity contribution in [2.45, 2.75) is 65.5 Å². The first kappa shape index (κ1) is 22.6. The highest BCUT2D eigenvalue weighted by atomic mass is 32.2. The standard InChI is InChI=1S/C20H34N4O3S/c1-13(2)17-9-8-10-18(14(3)4)19(17)21-20(25)22-28(26,27)24-11-15(5)23(7)16(6)12-24/h8-10,13-16H,11-12H2,1-7H3,(H2,21,22,25). The van der Waals surface area contributed by atoms with Gasteiger partial charge in [-0.3, -0.25) is 4.90 Å². The molecule has 2 N–H and O–H groups in total. The Bertz CT molecular complexity index is 769. The number of amides is 2. The fraction of sp³-hybridized carbons (Fsp3) is 0.650. The van der Waals surface area contributed by atoms with Crippen LogP contribution >= 0.6 is 0 Å². The second kappa shape index (κ2) is 8.80. The third-order valence-corrected chi connectivity index (χ3v) is 6.92. The molecule has 2 amide bonds. The summed E-state index contributed by atoms with van der Waals surface area (Å²) in [6.07, 6.45) is 0. The zero-order chi connectivity index (χ0) is 21.2. The van der Waals surface area contributed by atoms with E-state index in [-0.39, 0.29) is 23.9 Å². The molecule has 0 spiro atoms. The Balaban J connectivity index is 2.20. The Hall–Kier alpha value is -1.64. The van der Waals surface area contributed by atoms with Crippen molar-refractivity contribution in [3.05, 3.63) is 29.3 Å². The number of hydrogen-bond acceptors (Lipinski definition) is 4. The van der Waals surface area contributed by atoms with Gasteiger partial charge in [-0.25, -0.2) is 9.52 Å². The third-order valence-electron chi connectivity index (χ3n) is 5.50. The van der Waals surface area contributed by atoms with Gasteiger partial charge in [0.05, 0.1) is 0 Å². The van der Waals surface area contributed by atoms with Crippen molar-refractivity contribution in [3.63, 3.8) is 0 Å². The molecule has 2 atom stereocenters. The molecule has 1 aliphatic heterocycles. The van der Waals surface area contributed by atoms with E-state index < -0.39 is 16.2 Å². The Morgan fingerprint density at radius 3 is 1.93 bits per heavy atom. The zero-order valence-corrected chi connectivity index (χ0v) is 18.8. The first-order chi connectivity index (χ1) is 12.9. The summed E-state index contributed by atoms with van der Waals surface area (Å²) < 4.78 is 29.1. The lowest BCUT2D eigenvalue weighted by Crippen LogP contribution is -2.59. The minimum absolute atomic E-state index is 0.0811. The van der Waals surface area contributed by atoms with Gasteiger partial charge in [0.2, 0.25) is 0 Å². The van der Waals surface area contributed by atoms with Crippen molar-refractivity contribution in [3.8, 4) is 0 Å². The lowest BCUT2D eigenvalue weighted by atomic mass is 9.93. The van der Waals surface area contributed by atoms with Crippen LogP contribution in [0.1, 0.15) is 64.5 Å². The molecular weight excluding hydrogens is 376 g/mol. The number of para-hydroxylation sites is 1. The number of anilines is 1. The van der Waals surface area contributed by atoms with Crippen LogP contribution < -0.4 is 10.0 Å². The highest BCUT2D eigenvalue weighted by Crippen LogP contribution is 2.32. The maximum Gasteiger partial charge on any atom is 0.333 e. The fourth-order valence-corrected chi connectivity index (χ4v) is 4.81. The number of nitrogens with zero attached hydrogens (tertiary/aromatic N) is 2. The van der Waals surface area contributed by atoms with Gasteiger partial charge in [-0.05, 0) is 43.9 Å². The molecule has 1 saturated heterocycles. The van der Waals surface area contributed by atoms with Crippen LogP contribution in [0, 0.1) is 0 Å². The molecule has 2 rings (SSSR count). The topological polar surface area (TPSA) is 81.8 Å². The van der Waals surface area contributed by atoms with Crippen LogP contribution in [0.2, 0.25) is 0 Å². The predicted molar refractivity (Wildman–Crippen MR) is 114 cm³/mol. The molecule has 1 aromatic rings. The van der Waals surface area contributed by atoms with E-state index >= 15 is 0 Å². The summed E-state index contributed by atoms with van der Waals surface area (Å²) in [6.45, 7) is 12.8. The van der Waals surface area contributed by atoms with Crippen LogP contribution in [0.4, 0.5) is 10.5 Å². The normalized spacial score (nSPS) is 21.9. The molecule has 0 saturated carbocycles. The Morgan fingerprint density at radius 1 is 1.04 bits per heavy atom. The molecule has 158 valence electrons. The van der Waals surface area contributed by atoms with Gasteiger partial charge in [-0.2, -0.15) is 12.7 Å². The van der Waals surface area contributed by atoms with Crippen molar-refractivity contribution >= 4 is 21.9 Å². The third kappa shape index (κ3) is 5.04. The number of hydrogen-bond donors (Lipinski definition) is 2. The summed E-state index contributed by atoms with van der Waals surface area (Å²) in [7, 11) is -1.93. The molecule has 1 aliphatic rings. The van der Waals surface area contributed by atoms with Crippen LogP contribution in [0.3, 0.4) is 0 Å². The summed E-state index contributed by atoms with van der Waals surface area (Å²) in [5, 5.41) is 2.80. The van der Waals surface area contributed by atoms with E-state index in [2.05, 4.69) is 14.9 Å². The second-order valence-corrected chi connectivity index (χ2v) is 10.0. The SMILES string of the molecule is CC(C)c1cccc(C(C)C)c1NC(=O)NS(=O)(=O)N1CC(C)N(C)C(C)C1. The summed E-state index contributed by atoms with van der Waals surface area (Å²) in [4.78, 5) is 14.7. The smallest absolute Gasteiger partial charge is 0.307 e. The Labute approximate surface area is 169 Å². The fourth-order valence-electron chi connectivity index (χ4n) is 3.57. The van der Waals surface area contributed by atoms with E-state index in [1.54, 1.807) is 0 Å². The summed E-state index contributed by atoms with van der Waals surface area (Å²) in [5.74, 6) is 0.398. The van der Waals surface area contributed by atoms with E-state index in [0.717, 1.165) is 11.1 Å². The van der Waals surface area contributed by atoms with Gasteiger partial charge in [0.15, 0.2) is 0 Å². The number of rotatable bonds is 5. The minimum atomic E-state index is -3.91. The van der Waals surface area contributed by atoms with Crippen LogP contribution in [0.5, 0.6) is 0 Å². The van der Waals surface area contributed by atoms with Gasteiger partial charge in [0.25, 0.3) is 0 Å². The Kier molecular flexibility index (Phi) is 7.12. The number of carbonyl (C=O) groups excluding carboxylic acids is 1. The molecule has 1 fully saturated rings. The molecule has 0 aliphatic carbocycles. The highest BCUT2D eigenvalue weighted by molar-refractivity contribution is 7.87. The highest BCUT2D eigenvalue weighted by Gasteiger charge is 2.34. The number of likely N-dealkylation sites (N-methyl/N-ethyl adjacent to an activating group) is 1. The Morgan fingerprint density at radius 2 is 1.50 bits per heavy atom. The van der Waals surface area contributed by atoms with E-state index in [9.17, 15) is 13.2 Å². The maximum absolute atomic E-state index is 12.8. The summed E-state index contributed by atoms with van der Waals surface area (Å²) >= 11 is 0. The van der Waals surface area contributed by atoms with Gasteiger partial charge in [-0.1, -0.05) is 45.9 Å². The van der Waals surface area contributed by atoms with Crippen LogP contribution in [-0.2, 0) is 10.2 Å². The van der Waals surface area contributed by atoms with E-state index in [0.29, 0.717) is 18.8 Å². The van der Waals surface area contributed by atoms with Gasteiger partial charge in [-0.15, -0.1) is 0 Å². The first-order valence-corrected chi connectivity index (χ1v) is 11.3. The van der Waals surface area contributed by atoms with Crippen molar-refractivity contribution in [1.82, 2.24) is 13.9 Å². The van der Waals surface area contributed by atoms with Crippen LogP contribution in [-0.4, -0.2) is 55.9 Å². The molecule has 0 radical (unpaired) electrons. The van der Waals surface area contributed by atoms with Gasteiger partial charge in [0, 0.05) is 30.9 Å².